The predicted octanol–water partition coefficient (Wildman–Crippen LogP) is 2.66. The number of anilines is 1. The lowest BCUT2D eigenvalue weighted by Crippen LogP contribution is -2.65. The van der Waals surface area contributed by atoms with E-state index in [1.54, 1.807) is 17.0 Å². The van der Waals surface area contributed by atoms with Gasteiger partial charge in [-0.1, -0.05) is 0 Å². The van der Waals surface area contributed by atoms with Crippen LogP contribution in [0.15, 0.2) is 24.3 Å². The number of nitrogen functional groups attached to an aromatic ring is 1. The van der Waals surface area contributed by atoms with Crippen molar-refractivity contribution in [3.05, 3.63) is 24.3 Å². The lowest BCUT2D eigenvalue weighted by Gasteiger charge is -2.47. The highest BCUT2D eigenvalue weighted by Crippen LogP contribution is 2.29. The van der Waals surface area contributed by atoms with Gasteiger partial charge in [0.2, 0.25) is 0 Å². The summed E-state index contributed by atoms with van der Waals surface area (Å²) in [6.45, 7) is 8.58. The van der Waals surface area contributed by atoms with E-state index in [1.165, 1.54) is 0 Å². The van der Waals surface area contributed by atoms with Gasteiger partial charge in [-0.3, -0.25) is 0 Å². The first-order chi connectivity index (χ1) is 9.17. The number of benzene rings is 1. The SMILES string of the molecule is CC(C)(C)OC(=O)N1CC(C)(Oc2ccc(N)cc2)C1. The molecular weight excluding hydrogens is 256 g/mol. The quantitative estimate of drug-likeness (QED) is 0.845. The van der Waals surface area contributed by atoms with Gasteiger partial charge in [0.25, 0.3) is 0 Å². The fourth-order valence-corrected chi connectivity index (χ4v) is 2.10. The van der Waals surface area contributed by atoms with E-state index in [0.717, 1.165) is 5.75 Å². The number of amides is 1. The number of hydrogen-bond donors (Lipinski definition) is 1. The summed E-state index contributed by atoms with van der Waals surface area (Å²) in [5.74, 6) is 0.755. The number of hydrogen-bond acceptors (Lipinski definition) is 4. The van der Waals surface area contributed by atoms with E-state index in [9.17, 15) is 4.79 Å². The summed E-state index contributed by atoms with van der Waals surface area (Å²) < 4.78 is 11.2. The maximum Gasteiger partial charge on any atom is 0.410 e. The number of carbonyl (C=O) groups excluding carboxylic acids is 1. The normalized spacial score (nSPS) is 17.3. The molecule has 0 bridgehead atoms. The average molecular weight is 278 g/mol. The van der Waals surface area contributed by atoms with Crippen LogP contribution in [0.1, 0.15) is 27.7 Å². The van der Waals surface area contributed by atoms with Crippen LogP contribution in [-0.2, 0) is 4.74 Å². The third-order valence-electron chi connectivity index (χ3n) is 2.95. The Labute approximate surface area is 119 Å². The Hall–Kier alpha value is -1.91. The zero-order valence-electron chi connectivity index (χ0n) is 12.5. The second-order valence-corrected chi connectivity index (χ2v) is 6.46. The monoisotopic (exact) mass is 278 g/mol. The van der Waals surface area contributed by atoms with Gasteiger partial charge in [-0.2, -0.15) is 0 Å². The first-order valence-electron chi connectivity index (χ1n) is 6.69. The Morgan fingerprint density at radius 1 is 1.25 bits per heavy atom. The molecule has 1 aliphatic rings. The van der Waals surface area contributed by atoms with E-state index in [0.29, 0.717) is 18.8 Å². The van der Waals surface area contributed by atoms with Crippen LogP contribution in [0.5, 0.6) is 5.75 Å². The van der Waals surface area contributed by atoms with Crippen molar-refractivity contribution in [2.24, 2.45) is 0 Å². The molecule has 2 rings (SSSR count). The Morgan fingerprint density at radius 2 is 1.80 bits per heavy atom. The van der Waals surface area contributed by atoms with Crippen LogP contribution in [-0.4, -0.2) is 35.3 Å². The van der Waals surface area contributed by atoms with Crippen molar-refractivity contribution >= 4 is 11.8 Å². The highest BCUT2D eigenvalue weighted by molar-refractivity contribution is 5.69. The second-order valence-electron chi connectivity index (χ2n) is 6.46. The van der Waals surface area contributed by atoms with Crippen LogP contribution in [0.3, 0.4) is 0 Å². The summed E-state index contributed by atoms with van der Waals surface area (Å²) in [6.07, 6.45) is -0.295. The first kappa shape index (κ1) is 14.5. The van der Waals surface area contributed by atoms with Gasteiger partial charge >= 0.3 is 6.09 Å². The summed E-state index contributed by atoms with van der Waals surface area (Å²) in [6, 6.07) is 7.25. The Kier molecular flexibility index (Phi) is 3.54. The molecule has 0 atom stereocenters. The zero-order valence-corrected chi connectivity index (χ0v) is 12.5. The fourth-order valence-electron chi connectivity index (χ4n) is 2.10. The molecule has 1 heterocycles. The average Bonchev–Trinajstić information content (AvgIpc) is 2.26. The van der Waals surface area contributed by atoms with E-state index in [-0.39, 0.29) is 11.7 Å². The number of likely N-dealkylation sites (tertiary alicyclic amines) is 1. The van der Waals surface area contributed by atoms with Crippen molar-refractivity contribution in [2.45, 2.75) is 38.9 Å². The Balaban J connectivity index is 1.87. The van der Waals surface area contributed by atoms with Crippen LogP contribution in [0, 0.1) is 0 Å². The van der Waals surface area contributed by atoms with E-state index in [1.807, 2.05) is 39.8 Å². The van der Waals surface area contributed by atoms with Crippen molar-refractivity contribution < 1.29 is 14.3 Å². The summed E-state index contributed by atoms with van der Waals surface area (Å²) in [5.41, 5.74) is 5.49. The second kappa shape index (κ2) is 4.89. The molecule has 1 fully saturated rings. The van der Waals surface area contributed by atoms with Crippen molar-refractivity contribution in [1.29, 1.82) is 0 Å². The predicted molar refractivity (Wildman–Crippen MR) is 77.7 cm³/mol. The summed E-state index contributed by atoms with van der Waals surface area (Å²) >= 11 is 0. The van der Waals surface area contributed by atoms with Crippen molar-refractivity contribution in [3.63, 3.8) is 0 Å². The molecule has 2 N–H and O–H groups in total. The molecule has 1 saturated heterocycles. The lowest BCUT2D eigenvalue weighted by atomic mass is 9.97. The third-order valence-corrected chi connectivity index (χ3v) is 2.95. The lowest BCUT2D eigenvalue weighted by molar-refractivity contribution is -0.0711. The molecule has 0 aliphatic carbocycles. The highest BCUT2D eigenvalue weighted by atomic mass is 16.6. The van der Waals surface area contributed by atoms with Gasteiger partial charge in [0.05, 0.1) is 13.1 Å². The number of nitrogens with zero attached hydrogens (tertiary/aromatic N) is 1. The Morgan fingerprint density at radius 3 is 2.30 bits per heavy atom. The van der Waals surface area contributed by atoms with Gasteiger partial charge in [0, 0.05) is 5.69 Å². The number of nitrogens with two attached hydrogens (primary N) is 1. The van der Waals surface area contributed by atoms with Gasteiger partial charge < -0.3 is 20.1 Å². The maximum absolute atomic E-state index is 11.9. The largest absolute Gasteiger partial charge is 0.484 e. The van der Waals surface area contributed by atoms with Gasteiger partial charge in [-0.15, -0.1) is 0 Å². The minimum absolute atomic E-state index is 0.295. The number of ether oxygens (including phenoxy) is 2. The summed E-state index contributed by atoms with van der Waals surface area (Å²) in [4.78, 5) is 13.5. The molecule has 0 radical (unpaired) electrons. The molecule has 5 nitrogen and oxygen atoms in total. The van der Waals surface area contributed by atoms with Crippen LogP contribution in [0.4, 0.5) is 10.5 Å². The molecule has 1 aliphatic heterocycles. The molecule has 1 aromatic carbocycles. The first-order valence-corrected chi connectivity index (χ1v) is 6.69. The molecule has 110 valence electrons. The summed E-state index contributed by atoms with van der Waals surface area (Å²) in [7, 11) is 0. The minimum atomic E-state index is -0.471. The van der Waals surface area contributed by atoms with Crippen LogP contribution >= 0.6 is 0 Å². The number of rotatable bonds is 2. The maximum atomic E-state index is 11.9. The molecule has 1 amide bonds. The fraction of sp³-hybridized carbons (Fsp3) is 0.533. The minimum Gasteiger partial charge on any atom is -0.484 e. The van der Waals surface area contributed by atoms with Crippen LogP contribution in [0.2, 0.25) is 0 Å². The van der Waals surface area contributed by atoms with Gasteiger partial charge in [-0.05, 0) is 52.0 Å². The van der Waals surface area contributed by atoms with Crippen molar-refractivity contribution in [2.75, 3.05) is 18.8 Å². The standard InChI is InChI=1S/C15H22N2O3/c1-14(2,3)20-13(18)17-9-15(4,10-17)19-12-7-5-11(16)6-8-12/h5-8H,9-10,16H2,1-4H3. The molecular formula is C15H22N2O3. The van der Waals surface area contributed by atoms with Crippen molar-refractivity contribution in [3.8, 4) is 5.75 Å². The molecule has 5 heteroatoms. The summed E-state index contributed by atoms with van der Waals surface area (Å²) in [5, 5.41) is 0. The molecule has 0 aromatic heterocycles. The highest BCUT2D eigenvalue weighted by Gasteiger charge is 2.45. The molecule has 0 unspecified atom stereocenters. The zero-order chi connectivity index (χ0) is 15.0. The number of carbonyl (C=O) groups is 1. The van der Waals surface area contributed by atoms with Gasteiger partial charge in [0.1, 0.15) is 17.0 Å². The molecule has 1 aromatic rings. The van der Waals surface area contributed by atoms with Crippen LogP contribution < -0.4 is 10.5 Å². The van der Waals surface area contributed by atoms with E-state index in [2.05, 4.69) is 0 Å². The molecule has 0 spiro atoms. The molecule has 0 saturated carbocycles. The smallest absolute Gasteiger partial charge is 0.410 e. The van der Waals surface area contributed by atoms with E-state index >= 15 is 0 Å². The third kappa shape index (κ3) is 3.56. The van der Waals surface area contributed by atoms with Gasteiger partial charge in [-0.25, -0.2) is 4.79 Å². The Bertz CT molecular complexity index is 485. The van der Waals surface area contributed by atoms with Gasteiger partial charge in [0.15, 0.2) is 0 Å². The topological polar surface area (TPSA) is 64.8 Å². The van der Waals surface area contributed by atoms with E-state index < -0.39 is 5.60 Å². The van der Waals surface area contributed by atoms with Crippen molar-refractivity contribution in [1.82, 2.24) is 4.90 Å². The van der Waals surface area contributed by atoms with E-state index in [4.69, 9.17) is 15.2 Å². The molecule has 20 heavy (non-hydrogen) atoms. The van der Waals surface area contributed by atoms with Crippen LogP contribution in [0.25, 0.3) is 0 Å².